The summed E-state index contributed by atoms with van der Waals surface area (Å²) in [7, 11) is 1.70. The number of aryl methyl sites for hydroxylation is 2. The molecule has 0 saturated carbocycles. The van der Waals surface area contributed by atoms with Gasteiger partial charge in [0.1, 0.15) is 5.75 Å². The van der Waals surface area contributed by atoms with Crippen LogP contribution in [0.4, 0.5) is 5.69 Å². The van der Waals surface area contributed by atoms with Gasteiger partial charge >= 0.3 is 0 Å². The van der Waals surface area contributed by atoms with Gasteiger partial charge in [-0.05, 0) is 61.6 Å². The first-order chi connectivity index (χ1) is 10.2. The molecule has 0 fully saturated rings. The number of hydrogen-bond donors (Lipinski definition) is 1. The molecule has 0 aliphatic rings. The first kappa shape index (κ1) is 15.4. The van der Waals surface area contributed by atoms with Crippen molar-refractivity contribution < 1.29 is 4.74 Å². The van der Waals surface area contributed by atoms with Crippen LogP contribution in [0.2, 0.25) is 0 Å². The van der Waals surface area contributed by atoms with Gasteiger partial charge in [-0.1, -0.05) is 31.2 Å². The molecule has 2 aromatic carbocycles. The van der Waals surface area contributed by atoms with Crippen molar-refractivity contribution in [3.05, 3.63) is 59.7 Å². The third-order valence-corrected chi connectivity index (χ3v) is 3.80. The smallest absolute Gasteiger partial charge is 0.118 e. The van der Waals surface area contributed by atoms with Crippen LogP contribution >= 0.6 is 0 Å². The zero-order chi connectivity index (χ0) is 15.1. The van der Waals surface area contributed by atoms with E-state index < -0.39 is 0 Å². The molecule has 2 rings (SSSR count). The molecule has 0 aliphatic carbocycles. The summed E-state index contributed by atoms with van der Waals surface area (Å²) >= 11 is 0. The summed E-state index contributed by atoms with van der Waals surface area (Å²) in [5.41, 5.74) is 3.94. The van der Waals surface area contributed by atoms with Crippen molar-refractivity contribution in [1.29, 1.82) is 0 Å². The molecule has 0 aromatic heterocycles. The number of rotatable bonds is 7. The first-order valence-electron chi connectivity index (χ1n) is 7.69. The Hall–Kier alpha value is -1.96. The van der Waals surface area contributed by atoms with E-state index in [1.54, 1.807) is 7.11 Å². The van der Waals surface area contributed by atoms with Crippen LogP contribution in [0.1, 0.15) is 31.4 Å². The van der Waals surface area contributed by atoms with E-state index >= 15 is 0 Å². The molecule has 0 saturated heterocycles. The van der Waals surface area contributed by atoms with Gasteiger partial charge in [0.15, 0.2) is 0 Å². The van der Waals surface area contributed by atoms with Crippen molar-refractivity contribution in [2.24, 2.45) is 0 Å². The quantitative estimate of drug-likeness (QED) is 0.796. The Kier molecular flexibility index (Phi) is 5.68. The van der Waals surface area contributed by atoms with Crippen molar-refractivity contribution in [3.8, 4) is 5.75 Å². The lowest BCUT2D eigenvalue weighted by Gasteiger charge is -2.15. The van der Waals surface area contributed by atoms with Gasteiger partial charge in [0, 0.05) is 11.7 Å². The maximum absolute atomic E-state index is 5.18. The zero-order valence-corrected chi connectivity index (χ0v) is 13.2. The summed E-state index contributed by atoms with van der Waals surface area (Å²) < 4.78 is 5.18. The largest absolute Gasteiger partial charge is 0.497 e. The number of hydrogen-bond acceptors (Lipinski definition) is 2. The van der Waals surface area contributed by atoms with E-state index in [0.29, 0.717) is 6.04 Å². The summed E-state index contributed by atoms with van der Waals surface area (Å²) in [6.07, 6.45) is 3.28. The summed E-state index contributed by atoms with van der Waals surface area (Å²) in [6.45, 7) is 4.41. The Balaban J connectivity index is 1.81. The van der Waals surface area contributed by atoms with Crippen LogP contribution in [0, 0.1) is 0 Å². The van der Waals surface area contributed by atoms with Crippen LogP contribution in [-0.4, -0.2) is 13.2 Å². The van der Waals surface area contributed by atoms with Crippen molar-refractivity contribution in [3.63, 3.8) is 0 Å². The van der Waals surface area contributed by atoms with E-state index in [2.05, 4.69) is 55.6 Å². The van der Waals surface area contributed by atoms with Crippen molar-refractivity contribution >= 4 is 5.69 Å². The predicted octanol–water partition coefficient (Wildman–Crippen LogP) is 4.69. The van der Waals surface area contributed by atoms with E-state index in [0.717, 1.165) is 25.0 Å². The Morgan fingerprint density at radius 1 is 0.952 bits per heavy atom. The number of ether oxygens (including phenoxy) is 1. The summed E-state index contributed by atoms with van der Waals surface area (Å²) in [5.74, 6) is 0.918. The van der Waals surface area contributed by atoms with E-state index in [-0.39, 0.29) is 0 Å². The van der Waals surface area contributed by atoms with Crippen molar-refractivity contribution in [2.75, 3.05) is 12.4 Å². The summed E-state index contributed by atoms with van der Waals surface area (Å²) in [4.78, 5) is 0. The topological polar surface area (TPSA) is 21.3 Å². The molecule has 1 atom stereocenters. The van der Waals surface area contributed by atoms with Gasteiger partial charge in [0.2, 0.25) is 0 Å². The maximum Gasteiger partial charge on any atom is 0.118 e. The molecule has 112 valence electrons. The first-order valence-corrected chi connectivity index (χ1v) is 7.69. The third kappa shape index (κ3) is 4.82. The van der Waals surface area contributed by atoms with Gasteiger partial charge in [-0.2, -0.15) is 0 Å². The Labute approximate surface area is 128 Å². The van der Waals surface area contributed by atoms with Crippen molar-refractivity contribution in [2.45, 2.75) is 39.2 Å². The Morgan fingerprint density at radius 2 is 1.57 bits per heavy atom. The lowest BCUT2D eigenvalue weighted by molar-refractivity contribution is 0.414. The van der Waals surface area contributed by atoms with Crippen molar-refractivity contribution in [1.82, 2.24) is 0 Å². The SMILES string of the molecule is CCc1ccc(NC(C)CCc2ccc(OC)cc2)cc1. The van der Waals surface area contributed by atoms with Crippen LogP contribution in [0.15, 0.2) is 48.5 Å². The molecule has 2 nitrogen and oxygen atoms in total. The minimum Gasteiger partial charge on any atom is -0.497 e. The highest BCUT2D eigenvalue weighted by molar-refractivity contribution is 5.45. The fourth-order valence-electron chi connectivity index (χ4n) is 2.37. The maximum atomic E-state index is 5.18. The molecule has 0 spiro atoms. The van der Waals surface area contributed by atoms with Crippen LogP contribution < -0.4 is 10.1 Å². The molecule has 0 radical (unpaired) electrons. The highest BCUT2D eigenvalue weighted by atomic mass is 16.5. The number of benzene rings is 2. The van der Waals surface area contributed by atoms with Gasteiger partial charge in [0.25, 0.3) is 0 Å². The number of nitrogens with one attached hydrogen (secondary N) is 1. The molecule has 2 aromatic rings. The molecule has 0 bridgehead atoms. The summed E-state index contributed by atoms with van der Waals surface area (Å²) in [6, 6.07) is 17.5. The minimum atomic E-state index is 0.458. The molecule has 1 unspecified atom stereocenters. The standard InChI is InChI=1S/C19H25NO/c1-4-16-7-11-18(12-8-16)20-15(2)5-6-17-9-13-19(21-3)14-10-17/h7-15,20H,4-6H2,1-3H3. The lowest BCUT2D eigenvalue weighted by atomic mass is 10.1. The molecule has 0 heterocycles. The van der Waals surface area contributed by atoms with Gasteiger partial charge in [-0.15, -0.1) is 0 Å². The third-order valence-electron chi connectivity index (χ3n) is 3.80. The average Bonchev–Trinajstić information content (AvgIpc) is 2.54. The molecule has 0 aliphatic heterocycles. The zero-order valence-electron chi connectivity index (χ0n) is 13.2. The molecule has 1 N–H and O–H groups in total. The second-order valence-electron chi connectivity index (χ2n) is 5.48. The van der Waals surface area contributed by atoms with Crippen LogP contribution in [0.3, 0.4) is 0 Å². The second kappa shape index (κ2) is 7.72. The van der Waals surface area contributed by atoms with Gasteiger partial charge < -0.3 is 10.1 Å². The second-order valence-corrected chi connectivity index (χ2v) is 5.48. The fourth-order valence-corrected chi connectivity index (χ4v) is 2.37. The van der Waals surface area contributed by atoms with Crippen LogP contribution in [0.25, 0.3) is 0 Å². The van der Waals surface area contributed by atoms with Gasteiger partial charge in [-0.3, -0.25) is 0 Å². The summed E-state index contributed by atoms with van der Waals surface area (Å²) in [5, 5.41) is 3.56. The molecular formula is C19H25NO. The van der Waals surface area contributed by atoms with Crippen LogP contribution in [0.5, 0.6) is 5.75 Å². The Morgan fingerprint density at radius 3 is 2.14 bits per heavy atom. The van der Waals surface area contributed by atoms with Gasteiger partial charge in [0.05, 0.1) is 7.11 Å². The van der Waals surface area contributed by atoms with E-state index in [4.69, 9.17) is 4.74 Å². The highest BCUT2D eigenvalue weighted by Gasteiger charge is 2.03. The van der Waals surface area contributed by atoms with E-state index in [1.165, 1.54) is 16.8 Å². The van der Waals surface area contributed by atoms with Crippen LogP contribution in [-0.2, 0) is 12.8 Å². The number of anilines is 1. The predicted molar refractivity (Wildman–Crippen MR) is 90.2 cm³/mol. The normalized spacial score (nSPS) is 12.0. The molecule has 21 heavy (non-hydrogen) atoms. The average molecular weight is 283 g/mol. The highest BCUT2D eigenvalue weighted by Crippen LogP contribution is 2.15. The minimum absolute atomic E-state index is 0.458. The fraction of sp³-hybridized carbons (Fsp3) is 0.368. The van der Waals surface area contributed by atoms with E-state index in [1.807, 2.05) is 12.1 Å². The molecule has 0 amide bonds. The monoisotopic (exact) mass is 283 g/mol. The number of methoxy groups -OCH3 is 1. The van der Waals surface area contributed by atoms with E-state index in [9.17, 15) is 0 Å². The van der Waals surface area contributed by atoms with Gasteiger partial charge in [-0.25, -0.2) is 0 Å². The molecule has 2 heteroatoms. The molecular weight excluding hydrogens is 258 g/mol. The Bertz CT molecular complexity index is 530. The lowest BCUT2D eigenvalue weighted by Crippen LogP contribution is -2.15.